The summed E-state index contributed by atoms with van der Waals surface area (Å²) in [5, 5.41) is 0.923. The molecular formula is C20H13N3O. The number of terminal acetylenes is 1. The van der Waals surface area contributed by atoms with Crippen molar-refractivity contribution in [1.82, 2.24) is 14.5 Å². The zero-order valence-corrected chi connectivity index (χ0v) is 12.8. The first kappa shape index (κ1) is 14.0. The zero-order valence-electron chi connectivity index (χ0n) is 12.8. The summed E-state index contributed by atoms with van der Waals surface area (Å²) in [6, 6.07) is 20.2. The average molecular weight is 311 g/mol. The molecule has 0 aliphatic rings. The molecule has 2 aromatic carbocycles. The molecule has 0 saturated heterocycles. The molecule has 2 aromatic heterocycles. The van der Waals surface area contributed by atoms with Crippen LogP contribution >= 0.6 is 0 Å². The maximum absolute atomic E-state index is 5.82. The number of rotatable bonds is 3. The maximum atomic E-state index is 5.82. The molecule has 0 bridgehead atoms. The molecule has 0 radical (unpaired) electrons. The van der Waals surface area contributed by atoms with Crippen molar-refractivity contribution < 1.29 is 4.74 Å². The van der Waals surface area contributed by atoms with Gasteiger partial charge in [0.1, 0.15) is 17.8 Å². The van der Waals surface area contributed by atoms with Gasteiger partial charge in [0.15, 0.2) is 5.65 Å². The molecule has 2 heterocycles. The molecule has 0 fully saturated rings. The van der Waals surface area contributed by atoms with Gasteiger partial charge in [0.2, 0.25) is 0 Å². The molecule has 4 rings (SSSR count). The average Bonchev–Trinajstić information content (AvgIpc) is 3.02. The first-order valence-electron chi connectivity index (χ1n) is 7.46. The van der Waals surface area contributed by atoms with E-state index in [0.29, 0.717) is 0 Å². The Balaban J connectivity index is 1.70. The SMILES string of the molecule is C#Cn1cc(-c2ccc(Oc3ccccc3)cc2)c2cncnc21. The van der Waals surface area contributed by atoms with Crippen LogP contribution in [-0.2, 0) is 0 Å². The zero-order chi connectivity index (χ0) is 16.4. The largest absolute Gasteiger partial charge is 0.457 e. The molecule has 114 valence electrons. The lowest BCUT2D eigenvalue weighted by molar-refractivity contribution is 0.483. The van der Waals surface area contributed by atoms with Gasteiger partial charge in [-0.15, -0.1) is 0 Å². The van der Waals surface area contributed by atoms with Gasteiger partial charge >= 0.3 is 0 Å². The quantitative estimate of drug-likeness (QED) is 0.529. The highest BCUT2D eigenvalue weighted by molar-refractivity contribution is 5.94. The number of para-hydroxylation sites is 1. The number of hydrogen-bond acceptors (Lipinski definition) is 3. The van der Waals surface area contributed by atoms with Crippen molar-refractivity contribution in [3.63, 3.8) is 0 Å². The van der Waals surface area contributed by atoms with E-state index < -0.39 is 0 Å². The lowest BCUT2D eigenvalue weighted by atomic mass is 10.1. The molecule has 0 atom stereocenters. The summed E-state index contributed by atoms with van der Waals surface area (Å²) < 4.78 is 7.49. The van der Waals surface area contributed by atoms with Crippen LogP contribution in [0, 0.1) is 12.5 Å². The minimum absolute atomic E-state index is 0.729. The molecule has 0 amide bonds. The number of hydrogen-bond donors (Lipinski definition) is 0. The molecule has 0 saturated carbocycles. The molecule has 4 heteroatoms. The summed E-state index contributed by atoms with van der Waals surface area (Å²) in [4.78, 5) is 8.36. The Labute approximate surface area is 139 Å². The Kier molecular flexibility index (Phi) is 3.45. The van der Waals surface area contributed by atoms with E-state index in [1.165, 1.54) is 6.33 Å². The van der Waals surface area contributed by atoms with Crippen molar-refractivity contribution in [2.24, 2.45) is 0 Å². The van der Waals surface area contributed by atoms with Crippen LogP contribution in [0.4, 0.5) is 0 Å². The lowest BCUT2D eigenvalue weighted by Gasteiger charge is -2.06. The summed E-state index contributed by atoms with van der Waals surface area (Å²) >= 11 is 0. The second-order valence-electron chi connectivity index (χ2n) is 5.24. The summed E-state index contributed by atoms with van der Waals surface area (Å²) in [7, 11) is 0. The molecule has 0 spiro atoms. The Bertz CT molecular complexity index is 1030. The standard InChI is InChI=1S/C20H13N3O/c1-2-23-13-19(18-12-21-14-22-20(18)23)15-8-10-17(11-9-15)24-16-6-4-3-5-7-16/h1,3-14H. The van der Waals surface area contributed by atoms with Gasteiger partial charge in [0, 0.05) is 29.4 Å². The van der Waals surface area contributed by atoms with E-state index in [2.05, 4.69) is 16.0 Å². The van der Waals surface area contributed by atoms with Gasteiger partial charge in [-0.2, -0.15) is 0 Å². The second-order valence-corrected chi connectivity index (χ2v) is 5.24. The third-order valence-electron chi connectivity index (χ3n) is 3.75. The van der Waals surface area contributed by atoms with Crippen LogP contribution in [-0.4, -0.2) is 14.5 Å². The number of benzene rings is 2. The van der Waals surface area contributed by atoms with Gasteiger partial charge < -0.3 is 4.74 Å². The third-order valence-corrected chi connectivity index (χ3v) is 3.75. The Morgan fingerprint density at radius 3 is 2.46 bits per heavy atom. The van der Waals surface area contributed by atoms with Gasteiger partial charge in [-0.25, -0.2) is 9.97 Å². The molecule has 0 aliphatic carbocycles. The topological polar surface area (TPSA) is 39.9 Å². The van der Waals surface area contributed by atoms with Crippen LogP contribution in [0.15, 0.2) is 73.3 Å². The third kappa shape index (κ3) is 2.49. The molecule has 0 aliphatic heterocycles. The lowest BCUT2D eigenvalue weighted by Crippen LogP contribution is -1.87. The fraction of sp³-hybridized carbons (Fsp3) is 0. The van der Waals surface area contributed by atoms with Gasteiger partial charge in [-0.3, -0.25) is 4.57 Å². The predicted molar refractivity (Wildman–Crippen MR) is 93.7 cm³/mol. The second kappa shape index (κ2) is 5.90. The fourth-order valence-electron chi connectivity index (χ4n) is 2.62. The summed E-state index contributed by atoms with van der Waals surface area (Å²) in [6.45, 7) is 0. The summed E-state index contributed by atoms with van der Waals surface area (Å²) in [5.41, 5.74) is 2.76. The van der Waals surface area contributed by atoms with Gasteiger partial charge in [0.25, 0.3) is 0 Å². The van der Waals surface area contributed by atoms with E-state index in [4.69, 9.17) is 11.2 Å². The number of ether oxygens (including phenoxy) is 1. The van der Waals surface area contributed by atoms with Gasteiger partial charge in [0.05, 0.1) is 0 Å². The van der Waals surface area contributed by atoms with Crippen molar-refractivity contribution >= 4 is 11.0 Å². The molecule has 0 unspecified atom stereocenters. The van der Waals surface area contributed by atoms with Gasteiger partial charge in [-0.1, -0.05) is 36.8 Å². The highest BCUT2D eigenvalue weighted by Gasteiger charge is 2.10. The molecule has 24 heavy (non-hydrogen) atoms. The van der Waals surface area contributed by atoms with Crippen LogP contribution in [0.2, 0.25) is 0 Å². The van der Waals surface area contributed by atoms with Crippen LogP contribution in [0.5, 0.6) is 11.5 Å². The van der Waals surface area contributed by atoms with Crippen LogP contribution in [0.3, 0.4) is 0 Å². The Morgan fingerprint density at radius 2 is 1.71 bits per heavy atom. The van der Waals surface area contributed by atoms with Crippen molar-refractivity contribution in [1.29, 1.82) is 0 Å². The molecular weight excluding hydrogens is 298 g/mol. The minimum atomic E-state index is 0.729. The normalized spacial score (nSPS) is 10.5. The van der Waals surface area contributed by atoms with E-state index >= 15 is 0 Å². The van der Waals surface area contributed by atoms with Crippen molar-refractivity contribution in [3.05, 3.63) is 73.3 Å². The minimum Gasteiger partial charge on any atom is -0.457 e. The monoisotopic (exact) mass is 311 g/mol. The fourth-order valence-corrected chi connectivity index (χ4v) is 2.62. The highest BCUT2D eigenvalue weighted by Crippen LogP contribution is 2.31. The highest BCUT2D eigenvalue weighted by atomic mass is 16.5. The maximum Gasteiger partial charge on any atom is 0.155 e. The molecule has 4 aromatic rings. The van der Waals surface area contributed by atoms with E-state index in [1.54, 1.807) is 10.8 Å². The first-order valence-corrected chi connectivity index (χ1v) is 7.46. The van der Waals surface area contributed by atoms with Crippen molar-refractivity contribution in [2.45, 2.75) is 0 Å². The Morgan fingerprint density at radius 1 is 0.958 bits per heavy atom. The molecule has 0 N–H and O–H groups in total. The van der Waals surface area contributed by atoms with Crippen molar-refractivity contribution in [3.8, 4) is 35.1 Å². The van der Waals surface area contributed by atoms with Crippen molar-refractivity contribution in [2.75, 3.05) is 0 Å². The number of aromatic nitrogens is 3. The van der Waals surface area contributed by atoms with Crippen LogP contribution < -0.4 is 4.74 Å². The number of nitrogens with zero attached hydrogens (tertiary/aromatic N) is 3. The summed E-state index contributed by atoms with van der Waals surface area (Å²) in [6.07, 6.45) is 10.7. The summed E-state index contributed by atoms with van der Waals surface area (Å²) in [5.74, 6) is 1.59. The Hall–Kier alpha value is -3.58. The smallest absolute Gasteiger partial charge is 0.155 e. The van der Waals surface area contributed by atoms with Crippen LogP contribution in [0.1, 0.15) is 0 Å². The molecule has 4 nitrogen and oxygen atoms in total. The predicted octanol–water partition coefficient (Wildman–Crippen LogP) is 4.33. The number of fused-ring (bicyclic) bond motifs is 1. The van der Waals surface area contributed by atoms with Gasteiger partial charge in [-0.05, 0) is 29.8 Å². The van der Waals surface area contributed by atoms with Crippen LogP contribution in [0.25, 0.3) is 22.2 Å². The van der Waals surface area contributed by atoms with E-state index in [1.807, 2.05) is 60.8 Å². The van der Waals surface area contributed by atoms with E-state index in [0.717, 1.165) is 33.7 Å². The van der Waals surface area contributed by atoms with E-state index in [-0.39, 0.29) is 0 Å². The first-order chi connectivity index (χ1) is 11.8. The van der Waals surface area contributed by atoms with E-state index in [9.17, 15) is 0 Å².